The minimum absolute atomic E-state index is 0.842. The molecule has 0 amide bonds. The summed E-state index contributed by atoms with van der Waals surface area (Å²) in [5.41, 5.74) is 6.10. The number of aryl methyl sites for hydroxylation is 1. The molecule has 2 heterocycles. The molecule has 0 radical (unpaired) electrons. The van der Waals surface area contributed by atoms with E-state index in [4.69, 9.17) is 4.98 Å². The van der Waals surface area contributed by atoms with Crippen LogP contribution in [0.15, 0.2) is 85.1 Å². The topological polar surface area (TPSA) is 42.7 Å². The van der Waals surface area contributed by atoms with Crippen molar-refractivity contribution in [2.75, 3.05) is 5.32 Å². The van der Waals surface area contributed by atoms with E-state index in [1.165, 1.54) is 5.56 Å². The molecule has 4 nitrogen and oxygen atoms in total. The molecule has 2 aromatic heterocycles. The number of nitrogens with zero attached hydrogens (tertiary/aromatic N) is 3. The summed E-state index contributed by atoms with van der Waals surface area (Å²) < 4.78 is 1.89. The fourth-order valence-corrected chi connectivity index (χ4v) is 3.34. The summed E-state index contributed by atoms with van der Waals surface area (Å²) in [5.74, 6) is 0. The largest absolute Gasteiger partial charge is 0.354 e. The van der Waals surface area contributed by atoms with Gasteiger partial charge < -0.3 is 5.32 Å². The van der Waals surface area contributed by atoms with Gasteiger partial charge in [0.15, 0.2) is 5.65 Å². The first-order valence-corrected chi connectivity index (χ1v) is 8.95. The standard InChI is InChI=1S/C23H18N4/c1-16-11-13-17(14-12-16)25-22-19-9-5-6-10-21(19)26-23-20(22)15-24-27(23)18-7-3-2-4-8-18/h2-15H,1H3,(H,25,26). The summed E-state index contributed by atoms with van der Waals surface area (Å²) in [4.78, 5) is 4.89. The van der Waals surface area contributed by atoms with Crippen LogP contribution in [-0.2, 0) is 0 Å². The molecule has 0 spiro atoms. The van der Waals surface area contributed by atoms with Crippen molar-refractivity contribution in [2.24, 2.45) is 0 Å². The van der Waals surface area contributed by atoms with E-state index in [9.17, 15) is 0 Å². The van der Waals surface area contributed by atoms with Gasteiger partial charge in [-0.3, -0.25) is 0 Å². The predicted molar refractivity (Wildman–Crippen MR) is 111 cm³/mol. The highest BCUT2D eigenvalue weighted by Crippen LogP contribution is 2.33. The van der Waals surface area contributed by atoms with Gasteiger partial charge in [0.1, 0.15) is 0 Å². The van der Waals surface area contributed by atoms with Gasteiger partial charge in [0.2, 0.25) is 0 Å². The molecule has 0 fully saturated rings. The quantitative estimate of drug-likeness (QED) is 0.459. The third kappa shape index (κ3) is 2.72. The van der Waals surface area contributed by atoms with Crippen molar-refractivity contribution < 1.29 is 0 Å². The first kappa shape index (κ1) is 15.6. The van der Waals surface area contributed by atoms with Gasteiger partial charge in [0.25, 0.3) is 0 Å². The lowest BCUT2D eigenvalue weighted by Crippen LogP contribution is -1.99. The van der Waals surface area contributed by atoms with Crippen LogP contribution in [0.25, 0.3) is 27.6 Å². The number of nitrogens with one attached hydrogen (secondary N) is 1. The number of fused-ring (bicyclic) bond motifs is 2. The average Bonchev–Trinajstić information content (AvgIpc) is 3.14. The fourth-order valence-electron chi connectivity index (χ4n) is 3.34. The van der Waals surface area contributed by atoms with Gasteiger partial charge in [-0.1, -0.05) is 54.1 Å². The molecule has 0 bridgehead atoms. The van der Waals surface area contributed by atoms with Crippen LogP contribution < -0.4 is 5.32 Å². The fraction of sp³-hybridized carbons (Fsp3) is 0.0435. The summed E-state index contributed by atoms with van der Waals surface area (Å²) in [6.45, 7) is 2.09. The van der Waals surface area contributed by atoms with Crippen LogP contribution >= 0.6 is 0 Å². The van der Waals surface area contributed by atoms with Gasteiger partial charge in [-0.25, -0.2) is 9.67 Å². The van der Waals surface area contributed by atoms with Gasteiger partial charge in [-0.2, -0.15) is 5.10 Å². The van der Waals surface area contributed by atoms with E-state index < -0.39 is 0 Å². The highest BCUT2D eigenvalue weighted by atomic mass is 15.3. The Labute approximate surface area is 157 Å². The number of para-hydroxylation sites is 2. The Morgan fingerprint density at radius 3 is 2.33 bits per heavy atom. The summed E-state index contributed by atoms with van der Waals surface area (Å²) in [5, 5.41) is 10.3. The van der Waals surface area contributed by atoms with Crippen LogP contribution in [0.4, 0.5) is 11.4 Å². The van der Waals surface area contributed by atoms with Gasteiger partial charge in [-0.05, 0) is 37.3 Å². The molecular formula is C23H18N4. The predicted octanol–water partition coefficient (Wildman–Crippen LogP) is 5.63. The van der Waals surface area contributed by atoms with Crippen molar-refractivity contribution in [3.05, 3.63) is 90.6 Å². The van der Waals surface area contributed by atoms with Crippen LogP contribution in [-0.4, -0.2) is 14.8 Å². The first-order chi connectivity index (χ1) is 13.3. The summed E-state index contributed by atoms with van der Waals surface area (Å²) in [7, 11) is 0. The van der Waals surface area contributed by atoms with Gasteiger partial charge in [0.05, 0.1) is 28.5 Å². The molecule has 4 heteroatoms. The molecule has 0 aliphatic carbocycles. The van der Waals surface area contributed by atoms with E-state index in [-0.39, 0.29) is 0 Å². The van der Waals surface area contributed by atoms with Crippen molar-refractivity contribution in [2.45, 2.75) is 6.92 Å². The van der Waals surface area contributed by atoms with Crippen molar-refractivity contribution in [1.82, 2.24) is 14.8 Å². The van der Waals surface area contributed by atoms with Gasteiger partial charge in [0, 0.05) is 11.1 Å². The number of hydrogen-bond donors (Lipinski definition) is 1. The zero-order valence-electron chi connectivity index (χ0n) is 14.9. The molecule has 0 saturated heterocycles. The Hall–Kier alpha value is -3.66. The van der Waals surface area contributed by atoms with E-state index >= 15 is 0 Å². The van der Waals surface area contributed by atoms with Crippen LogP contribution in [0.3, 0.4) is 0 Å². The van der Waals surface area contributed by atoms with E-state index in [0.717, 1.165) is 39.0 Å². The molecule has 27 heavy (non-hydrogen) atoms. The Morgan fingerprint density at radius 1 is 0.778 bits per heavy atom. The highest BCUT2D eigenvalue weighted by Gasteiger charge is 2.14. The average molecular weight is 350 g/mol. The number of pyridine rings is 1. The Morgan fingerprint density at radius 2 is 1.52 bits per heavy atom. The van der Waals surface area contributed by atoms with E-state index in [1.807, 2.05) is 59.4 Å². The first-order valence-electron chi connectivity index (χ1n) is 8.95. The van der Waals surface area contributed by atoms with Crippen LogP contribution in [0.1, 0.15) is 5.56 Å². The second-order valence-electron chi connectivity index (χ2n) is 6.62. The maximum absolute atomic E-state index is 4.89. The third-order valence-corrected chi connectivity index (χ3v) is 4.73. The smallest absolute Gasteiger partial charge is 0.165 e. The van der Waals surface area contributed by atoms with Crippen LogP contribution in [0.5, 0.6) is 0 Å². The Kier molecular flexibility index (Phi) is 3.61. The maximum Gasteiger partial charge on any atom is 0.165 e. The second kappa shape index (κ2) is 6.25. The minimum Gasteiger partial charge on any atom is -0.354 e. The Balaban J connectivity index is 1.76. The molecule has 3 aromatic carbocycles. The van der Waals surface area contributed by atoms with E-state index in [1.54, 1.807) is 0 Å². The SMILES string of the molecule is Cc1ccc(Nc2c3ccccc3nc3c2cnn3-c2ccccc2)cc1. The van der Waals surface area contributed by atoms with Crippen LogP contribution in [0.2, 0.25) is 0 Å². The molecule has 130 valence electrons. The molecule has 0 unspecified atom stereocenters. The van der Waals surface area contributed by atoms with E-state index in [0.29, 0.717) is 0 Å². The zero-order chi connectivity index (χ0) is 18.2. The number of anilines is 2. The molecule has 0 aliphatic rings. The van der Waals surface area contributed by atoms with Crippen molar-refractivity contribution in [3.8, 4) is 5.69 Å². The molecule has 5 aromatic rings. The normalized spacial score (nSPS) is 11.1. The molecule has 0 saturated carbocycles. The number of rotatable bonds is 3. The lowest BCUT2D eigenvalue weighted by atomic mass is 10.1. The van der Waals surface area contributed by atoms with Crippen molar-refractivity contribution in [3.63, 3.8) is 0 Å². The number of benzene rings is 3. The molecule has 1 N–H and O–H groups in total. The monoisotopic (exact) mass is 350 g/mol. The van der Waals surface area contributed by atoms with Crippen LogP contribution in [0, 0.1) is 6.92 Å². The lowest BCUT2D eigenvalue weighted by Gasteiger charge is -2.12. The summed E-state index contributed by atoms with van der Waals surface area (Å²) >= 11 is 0. The minimum atomic E-state index is 0.842. The molecule has 0 aliphatic heterocycles. The van der Waals surface area contributed by atoms with Crippen molar-refractivity contribution >= 4 is 33.3 Å². The number of hydrogen-bond acceptors (Lipinski definition) is 3. The summed E-state index contributed by atoms with van der Waals surface area (Å²) in [6, 6.07) is 26.7. The molecule has 0 atom stereocenters. The third-order valence-electron chi connectivity index (χ3n) is 4.73. The summed E-state index contributed by atoms with van der Waals surface area (Å²) in [6.07, 6.45) is 1.89. The second-order valence-corrected chi connectivity index (χ2v) is 6.62. The van der Waals surface area contributed by atoms with Crippen molar-refractivity contribution in [1.29, 1.82) is 0 Å². The van der Waals surface area contributed by atoms with Gasteiger partial charge >= 0.3 is 0 Å². The van der Waals surface area contributed by atoms with E-state index in [2.05, 4.69) is 47.7 Å². The molecular weight excluding hydrogens is 332 g/mol. The highest BCUT2D eigenvalue weighted by molar-refractivity contribution is 6.08. The lowest BCUT2D eigenvalue weighted by molar-refractivity contribution is 0.899. The Bertz CT molecular complexity index is 1240. The van der Waals surface area contributed by atoms with Gasteiger partial charge in [-0.15, -0.1) is 0 Å². The maximum atomic E-state index is 4.89. The number of aromatic nitrogens is 3. The molecule has 5 rings (SSSR count). The zero-order valence-corrected chi connectivity index (χ0v) is 14.9.